The molecule has 0 bridgehead atoms. The molecule has 0 saturated carbocycles. The molecule has 0 spiro atoms. The Morgan fingerprint density at radius 3 is 2.87 bits per heavy atom. The SMILES string of the molecule is O=C(O)Cc1c[nH]c2ccc(CO)cc12. The summed E-state index contributed by atoms with van der Waals surface area (Å²) in [5, 5.41) is 18.6. The van der Waals surface area contributed by atoms with Gasteiger partial charge in [-0.3, -0.25) is 4.79 Å². The Bertz CT molecular complexity index is 502. The van der Waals surface area contributed by atoms with Gasteiger partial charge in [-0.15, -0.1) is 0 Å². The Balaban J connectivity index is 2.51. The van der Waals surface area contributed by atoms with Gasteiger partial charge >= 0.3 is 5.97 Å². The van der Waals surface area contributed by atoms with Gasteiger partial charge in [0.25, 0.3) is 0 Å². The number of carbonyl (C=O) groups is 1. The number of aliphatic carboxylic acids is 1. The molecule has 2 rings (SSSR count). The summed E-state index contributed by atoms with van der Waals surface area (Å²) in [6.07, 6.45) is 1.69. The van der Waals surface area contributed by atoms with E-state index in [9.17, 15) is 4.79 Å². The molecule has 0 aliphatic carbocycles. The predicted octanol–water partition coefficient (Wildman–Crippen LogP) is 1.29. The van der Waals surface area contributed by atoms with Crippen LogP contribution in [0.15, 0.2) is 24.4 Å². The van der Waals surface area contributed by atoms with Crippen molar-refractivity contribution < 1.29 is 15.0 Å². The van der Waals surface area contributed by atoms with Crippen molar-refractivity contribution in [1.29, 1.82) is 0 Å². The first kappa shape index (κ1) is 9.73. The van der Waals surface area contributed by atoms with Crippen molar-refractivity contribution in [2.75, 3.05) is 0 Å². The number of H-pyrrole nitrogens is 1. The molecular weight excluding hydrogens is 194 g/mol. The summed E-state index contributed by atoms with van der Waals surface area (Å²) >= 11 is 0. The smallest absolute Gasteiger partial charge is 0.307 e. The number of hydrogen-bond acceptors (Lipinski definition) is 2. The van der Waals surface area contributed by atoms with E-state index in [0.29, 0.717) is 0 Å². The van der Waals surface area contributed by atoms with Crippen molar-refractivity contribution >= 4 is 16.9 Å². The van der Waals surface area contributed by atoms with Crippen LogP contribution in [0, 0.1) is 0 Å². The lowest BCUT2D eigenvalue weighted by Gasteiger charge is -1.98. The Kier molecular flexibility index (Phi) is 2.43. The molecule has 78 valence electrons. The Hall–Kier alpha value is -1.81. The fourth-order valence-corrected chi connectivity index (χ4v) is 1.63. The maximum absolute atomic E-state index is 10.6. The zero-order valence-corrected chi connectivity index (χ0v) is 8.03. The van der Waals surface area contributed by atoms with Crippen molar-refractivity contribution in [3.8, 4) is 0 Å². The van der Waals surface area contributed by atoms with Crippen LogP contribution in [0.1, 0.15) is 11.1 Å². The number of nitrogens with one attached hydrogen (secondary N) is 1. The molecule has 15 heavy (non-hydrogen) atoms. The van der Waals surface area contributed by atoms with Crippen LogP contribution in [0.2, 0.25) is 0 Å². The van der Waals surface area contributed by atoms with Gasteiger partial charge in [0.1, 0.15) is 0 Å². The molecular formula is C11H11NO3. The first-order chi connectivity index (χ1) is 7.20. The van der Waals surface area contributed by atoms with E-state index in [0.717, 1.165) is 22.0 Å². The van der Waals surface area contributed by atoms with Crippen molar-refractivity contribution in [2.24, 2.45) is 0 Å². The summed E-state index contributed by atoms with van der Waals surface area (Å²) in [5.74, 6) is -0.856. The Morgan fingerprint density at radius 1 is 1.40 bits per heavy atom. The number of carboxylic acid groups (broad SMARTS) is 1. The molecule has 2 aromatic rings. The third-order valence-electron chi connectivity index (χ3n) is 2.36. The van der Waals surface area contributed by atoms with E-state index < -0.39 is 5.97 Å². The molecule has 3 N–H and O–H groups in total. The molecule has 0 atom stereocenters. The van der Waals surface area contributed by atoms with Crippen molar-refractivity contribution in [1.82, 2.24) is 4.98 Å². The number of aromatic amines is 1. The average molecular weight is 205 g/mol. The fraction of sp³-hybridized carbons (Fsp3) is 0.182. The topological polar surface area (TPSA) is 73.3 Å². The average Bonchev–Trinajstić information content (AvgIpc) is 2.60. The van der Waals surface area contributed by atoms with Crippen LogP contribution < -0.4 is 0 Å². The number of benzene rings is 1. The Morgan fingerprint density at radius 2 is 2.20 bits per heavy atom. The van der Waals surface area contributed by atoms with E-state index in [1.165, 1.54) is 0 Å². The summed E-state index contributed by atoms with van der Waals surface area (Å²) < 4.78 is 0. The molecule has 0 saturated heterocycles. The molecule has 1 aromatic heterocycles. The van der Waals surface area contributed by atoms with E-state index >= 15 is 0 Å². The molecule has 0 radical (unpaired) electrons. The first-order valence-electron chi connectivity index (χ1n) is 4.62. The lowest BCUT2D eigenvalue weighted by atomic mass is 10.1. The largest absolute Gasteiger partial charge is 0.481 e. The molecule has 0 unspecified atom stereocenters. The molecule has 1 heterocycles. The number of aliphatic hydroxyl groups is 1. The second-order valence-electron chi connectivity index (χ2n) is 3.42. The van der Waals surface area contributed by atoms with Gasteiger partial charge < -0.3 is 15.2 Å². The number of carboxylic acids is 1. The quantitative estimate of drug-likeness (QED) is 0.706. The molecule has 0 fully saturated rings. The maximum atomic E-state index is 10.6. The second-order valence-corrected chi connectivity index (χ2v) is 3.42. The highest BCUT2D eigenvalue weighted by molar-refractivity contribution is 5.87. The van der Waals surface area contributed by atoms with Gasteiger partial charge in [0, 0.05) is 17.1 Å². The lowest BCUT2D eigenvalue weighted by Crippen LogP contribution is -1.98. The number of rotatable bonds is 3. The summed E-state index contributed by atoms with van der Waals surface area (Å²) in [6, 6.07) is 5.46. The van der Waals surface area contributed by atoms with Crippen LogP contribution in [-0.2, 0) is 17.8 Å². The van der Waals surface area contributed by atoms with E-state index in [-0.39, 0.29) is 13.0 Å². The molecule has 0 aliphatic heterocycles. The molecule has 0 amide bonds. The normalized spacial score (nSPS) is 10.7. The van der Waals surface area contributed by atoms with Crippen LogP contribution in [0.5, 0.6) is 0 Å². The van der Waals surface area contributed by atoms with Gasteiger partial charge in [-0.25, -0.2) is 0 Å². The second kappa shape index (κ2) is 3.74. The zero-order valence-electron chi connectivity index (χ0n) is 8.03. The summed E-state index contributed by atoms with van der Waals surface area (Å²) in [7, 11) is 0. The van der Waals surface area contributed by atoms with Gasteiger partial charge in [0.15, 0.2) is 0 Å². The van der Waals surface area contributed by atoms with E-state index in [1.54, 1.807) is 6.20 Å². The van der Waals surface area contributed by atoms with Crippen molar-refractivity contribution in [2.45, 2.75) is 13.0 Å². The monoisotopic (exact) mass is 205 g/mol. The van der Waals surface area contributed by atoms with Crippen molar-refractivity contribution in [3.05, 3.63) is 35.5 Å². The van der Waals surface area contributed by atoms with E-state index in [2.05, 4.69) is 4.98 Å². The summed E-state index contributed by atoms with van der Waals surface area (Å²) in [5.41, 5.74) is 2.42. The number of aliphatic hydroxyl groups excluding tert-OH is 1. The third kappa shape index (κ3) is 1.85. The number of hydrogen-bond donors (Lipinski definition) is 3. The lowest BCUT2D eigenvalue weighted by molar-refractivity contribution is -0.136. The van der Waals surface area contributed by atoms with E-state index in [4.69, 9.17) is 10.2 Å². The molecule has 0 aliphatic rings. The van der Waals surface area contributed by atoms with Gasteiger partial charge in [-0.2, -0.15) is 0 Å². The summed E-state index contributed by atoms with van der Waals surface area (Å²) in [4.78, 5) is 13.6. The molecule has 4 nitrogen and oxygen atoms in total. The minimum Gasteiger partial charge on any atom is -0.481 e. The van der Waals surface area contributed by atoms with Crippen LogP contribution in [0.25, 0.3) is 10.9 Å². The summed E-state index contributed by atoms with van der Waals surface area (Å²) in [6.45, 7) is -0.0341. The van der Waals surface area contributed by atoms with Gasteiger partial charge in [0.2, 0.25) is 0 Å². The number of fused-ring (bicyclic) bond motifs is 1. The zero-order chi connectivity index (χ0) is 10.8. The highest BCUT2D eigenvalue weighted by atomic mass is 16.4. The molecule has 4 heteroatoms. The minimum absolute atomic E-state index is 0.00508. The van der Waals surface area contributed by atoms with Crippen LogP contribution in [0.4, 0.5) is 0 Å². The maximum Gasteiger partial charge on any atom is 0.307 e. The van der Waals surface area contributed by atoms with Crippen LogP contribution in [-0.4, -0.2) is 21.2 Å². The number of aromatic nitrogens is 1. The standard InChI is InChI=1S/C11H11NO3/c13-6-7-1-2-10-9(3-7)8(5-12-10)4-11(14)15/h1-3,5,12-13H,4,6H2,(H,14,15). The highest BCUT2D eigenvalue weighted by Crippen LogP contribution is 2.20. The predicted molar refractivity (Wildman–Crippen MR) is 55.6 cm³/mol. The van der Waals surface area contributed by atoms with Gasteiger partial charge in [0.05, 0.1) is 13.0 Å². The van der Waals surface area contributed by atoms with Gasteiger partial charge in [-0.1, -0.05) is 6.07 Å². The van der Waals surface area contributed by atoms with Gasteiger partial charge in [-0.05, 0) is 23.3 Å². The van der Waals surface area contributed by atoms with E-state index in [1.807, 2.05) is 18.2 Å². The Labute approximate surface area is 86.2 Å². The highest BCUT2D eigenvalue weighted by Gasteiger charge is 2.07. The minimum atomic E-state index is -0.856. The first-order valence-corrected chi connectivity index (χ1v) is 4.62. The van der Waals surface area contributed by atoms with Crippen molar-refractivity contribution in [3.63, 3.8) is 0 Å². The van der Waals surface area contributed by atoms with Crippen LogP contribution in [0.3, 0.4) is 0 Å². The van der Waals surface area contributed by atoms with Crippen LogP contribution >= 0.6 is 0 Å². The third-order valence-corrected chi connectivity index (χ3v) is 2.36. The molecule has 1 aromatic carbocycles. The fourth-order valence-electron chi connectivity index (χ4n) is 1.63.